The van der Waals surface area contributed by atoms with Crippen molar-refractivity contribution in [2.24, 2.45) is 5.41 Å². The van der Waals surface area contributed by atoms with Crippen LogP contribution in [-0.4, -0.2) is 31.7 Å². The molecule has 15 heavy (non-hydrogen) atoms. The maximum absolute atomic E-state index is 5.75. The lowest BCUT2D eigenvalue weighted by Gasteiger charge is -2.41. The molecule has 90 valence electrons. The zero-order valence-corrected chi connectivity index (χ0v) is 10.6. The predicted octanol–water partition coefficient (Wildman–Crippen LogP) is 2.77. The highest BCUT2D eigenvalue weighted by molar-refractivity contribution is 6.17. The number of halogens is 1. The second-order valence-corrected chi connectivity index (χ2v) is 5.21. The van der Waals surface area contributed by atoms with Crippen LogP contribution in [0.2, 0.25) is 0 Å². The lowest BCUT2D eigenvalue weighted by atomic mass is 9.94. The summed E-state index contributed by atoms with van der Waals surface area (Å²) in [6, 6.07) is 0.255. The summed E-state index contributed by atoms with van der Waals surface area (Å²) in [6.45, 7) is 8.43. The zero-order valence-electron chi connectivity index (χ0n) is 9.85. The Hall–Kier alpha value is 0.170. The topological polar surface area (TPSA) is 27.7 Å². The van der Waals surface area contributed by atoms with Crippen LogP contribution < -0.4 is 0 Å². The van der Waals surface area contributed by atoms with Gasteiger partial charge in [0.05, 0.1) is 13.2 Å². The van der Waals surface area contributed by atoms with Crippen LogP contribution in [0.3, 0.4) is 0 Å². The summed E-state index contributed by atoms with van der Waals surface area (Å²) in [7, 11) is 0. The minimum atomic E-state index is -0.439. The highest BCUT2D eigenvalue weighted by atomic mass is 35.5. The van der Waals surface area contributed by atoms with Crippen LogP contribution in [-0.2, 0) is 14.2 Å². The molecule has 3 nitrogen and oxygen atoms in total. The SMILES string of the molecule is CC1(C)COC(C)(CCCOCCl)OC1. The van der Waals surface area contributed by atoms with Gasteiger partial charge in [-0.05, 0) is 13.3 Å². The highest BCUT2D eigenvalue weighted by Crippen LogP contribution is 2.31. The normalized spacial score (nSPS) is 24.0. The highest BCUT2D eigenvalue weighted by Gasteiger charge is 2.36. The molecule has 0 N–H and O–H groups in total. The summed E-state index contributed by atoms with van der Waals surface area (Å²) < 4.78 is 16.6. The summed E-state index contributed by atoms with van der Waals surface area (Å²) >= 11 is 5.41. The van der Waals surface area contributed by atoms with E-state index in [0.717, 1.165) is 26.1 Å². The molecule has 0 aromatic heterocycles. The van der Waals surface area contributed by atoms with Crippen LogP contribution in [0.1, 0.15) is 33.6 Å². The third-order valence-corrected chi connectivity index (χ3v) is 2.69. The van der Waals surface area contributed by atoms with E-state index in [1.807, 2.05) is 6.92 Å². The molecule has 1 fully saturated rings. The Bertz CT molecular complexity index is 184. The van der Waals surface area contributed by atoms with E-state index in [0.29, 0.717) is 6.61 Å². The maximum atomic E-state index is 5.75. The molecular weight excluding hydrogens is 216 g/mol. The van der Waals surface area contributed by atoms with Crippen molar-refractivity contribution in [2.75, 3.05) is 25.9 Å². The number of alkyl halides is 1. The zero-order chi connectivity index (χ0) is 11.4. The van der Waals surface area contributed by atoms with Crippen molar-refractivity contribution in [1.29, 1.82) is 0 Å². The molecule has 0 aliphatic carbocycles. The molecule has 1 saturated heterocycles. The molecule has 0 spiro atoms. The van der Waals surface area contributed by atoms with E-state index >= 15 is 0 Å². The van der Waals surface area contributed by atoms with E-state index in [4.69, 9.17) is 25.8 Å². The van der Waals surface area contributed by atoms with Crippen molar-refractivity contribution in [3.8, 4) is 0 Å². The third-order valence-electron chi connectivity index (χ3n) is 2.53. The fourth-order valence-corrected chi connectivity index (χ4v) is 1.58. The van der Waals surface area contributed by atoms with Gasteiger partial charge in [-0.1, -0.05) is 25.4 Å². The van der Waals surface area contributed by atoms with Crippen LogP contribution in [0, 0.1) is 5.41 Å². The number of rotatable bonds is 5. The molecule has 0 radical (unpaired) electrons. The van der Waals surface area contributed by atoms with Gasteiger partial charge in [-0.3, -0.25) is 0 Å². The van der Waals surface area contributed by atoms with E-state index in [-0.39, 0.29) is 11.5 Å². The molecule has 0 bridgehead atoms. The molecular formula is C11H21ClO3. The molecule has 0 atom stereocenters. The van der Waals surface area contributed by atoms with E-state index in [1.165, 1.54) is 0 Å². The first-order valence-corrected chi connectivity index (χ1v) is 5.93. The Balaban J connectivity index is 2.23. The fraction of sp³-hybridized carbons (Fsp3) is 1.00. The van der Waals surface area contributed by atoms with Crippen molar-refractivity contribution in [2.45, 2.75) is 39.4 Å². The lowest BCUT2D eigenvalue weighted by molar-refractivity contribution is -0.292. The number of hydrogen-bond acceptors (Lipinski definition) is 3. The molecule has 1 rings (SSSR count). The molecule has 4 heteroatoms. The molecule has 1 aliphatic rings. The molecule has 0 unspecified atom stereocenters. The monoisotopic (exact) mass is 236 g/mol. The van der Waals surface area contributed by atoms with Gasteiger partial charge in [0.1, 0.15) is 6.07 Å². The average Bonchev–Trinajstić information content (AvgIpc) is 2.19. The smallest absolute Gasteiger partial charge is 0.165 e. The van der Waals surface area contributed by atoms with Crippen molar-refractivity contribution >= 4 is 11.6 Å². The molecule has 1 aliphatic heterocycles. The van der Waals surface area contributed by atoms with Crippen LogP contribution in [0.4, 0.5) is 0 Å². The van der Waals surface area contributed by atoms with Crippen LogP contribution in [0.15, 0.2) is 0 Å². The third kappa shape index (κ3) is 4.68. The van der Waals surface area contributed by atoms with Crippen molar-refractivity contribution in [3.63, 3.8) is 0 Å². The summed E-state index contributed by atoms with van der Waals surface area (Å²) in [6.07, 6.45) is 1.75. The first-order chi connectivity index (χ1) is 6.97. The summed E-state index contributed by atoms with van der Waals surface area (Å²) in [5, 5.41) is 0. The standard InChI is InChI=1S/C11H21ClO3/c1-10(2)7-14-11(3,15-8-10)5-4-6-13-9-12/h4-9H2,1-3H3. The maximum Gasteiger partial charge on any atom is 0.165 e. The second-order valence-electron chi connectivity index (χ2n) is 5.00. The number of ether oxygens (including phenoxy) is 3. The van der Waals surface area contributed by atoms with Crippen molar-refractivity contribution < 1.29 is 14.2 Å². The van der Waals surface area contributed by atoms with Crippen LogP contribution in [0.5, 0.6) is 0 Å². The minimum absolute atomic E-state index is 0.131. The minimum Gasteiger partial charge on any atom is -0.366 e. The quantitative estimate of drug-likeness (QED) is 0.543. The fourth-order valence-electron chi connectivity index (χ4n) is 1.47. The van der Waals surface area contributed by atoms with Gasteiger partial charge in [-0.25, -0.2) is 0 Å². The van der Waals surface area contributed by atoms with Gasteiger partial charge < -0.3 is 14.2 Å². The number of hydrogen-bond donors (Lipinski definition) is 0. The predicted molar refractivity (Wildman–Crippen MR) is 60.0 cm³/mol. The Morgan fingerprint density at radius 1 is 1.20 bits per heavy atom. The lowest BCUT2D eigenvalue weighted by Crippen LogP contribution is -2.45. The van der Waals surface area contributed by atoms with Gasteiger partial charge in [0, 0.05) is 18.4 Å². The summed E-state index contributed by atoms with van der Waals surface area (Å²) in [5.41, 5.74) is 0.131. The Kier molecular flexibility index (Phi) is 4.84. The van der Waals surface area contributed by atoms with Crippen LogP contribution in [0.25, 0.3) is 0 Å². The van der Waals surface area contributed by atoms with Gasteiger partial charge in [0.25, 0.3) is 0 Å². The molecule has 0 amide bonds. The van der Waals surface area contributed by atoms with E-state index in [1.54, 1.807) is 0 Å². The molecule has 0 aromatic rings. The Morgan fingerprint density at radius 3 is 2.33 bits per heavy atom. The molecule has 1 heterocycles. The van der Waals surface area contributed by atoms with Gasteiger partial charge in [-0.2, -0.15) is 0 Å². The molecule has 0 saturated carbocycles. The molecule has 0 aromatic carbocycles. The summed E-state index contributed by atoms with van der Waals surface area (Å²) in [5.74, 6) is -0.439. The largest absolute Gasteiger partial charge is 0.366 e. The second kappa shape index (κ2) is 5.48. The Morgan fingerprint density at radius 2 is 1.80 bits per heavy atom. The van der Waals surface area contributed by atoms with Gasteiger partial charge in [0.15, 0.2) is 5.79 Å². The van der Waals surface area contributed by atoms with Gasteiger partial charge in [0.2, 0.25) is 0 Å². The first-order valence-electron chi connectivity index (χ1n) is 5.39. The van der Waals surface area contributed by atoms with E-state index in [9.17, 15) is 0 Å². The van der Waals surface area contributed by atoms with Crippen molar-refractivity contribution in [3.05, 3.63) is 0 Å². The average molecular weight is 237 g/mol. The summed E-state index contributed by atoms with van der Waals surface area (Å²) in [4.78, 5) is 0. The Labute approximate surface area is 97.0 Å². The van der Waals surface area contributed by atoms with Gasteiger partial charge in [-0.15, -0.1) is 0 Å². The van der Waals surface area contributed by atoms with Crippen molar-refractivity contribution in [1.82, 2.24) is 0 Å². The van der Waals surface area contributed by atoms with E-state index < -0.39 is 5.79 Å². The van der Waals surface area contributed by atoms with Gasteiger partial charge >= 0.3 is 0 Å². The van der Waals surface area contributed by atoms with Crippen LogP contribution >= 0.6 is 11.6 Å². The van der Waals surface area contributed by atoms with E-state index in [2.05, 4.69) is 13.8 Å². The first kappa shape index (κ1) is 13.2.